The highest BCUT2D eigenvalue weighted by molar-refractivity contribution is 5.82. The molecule has 8 N–H and O–H groups in total. The van der Waals surface area contributed by atoms with Gasteiger partial charge in [0.2, 0.25) is 0 Å². The van der Waals surface area contributed by atoms with Crippen LogP contribution < -0.4 is 0 Å². The first-order valence-electron chi connectivity index (χ1n) is 20.8. The Morgan fingerprint density at radius 3 is 2.15 bits per heavy atom. The number of rotatable bonds is 6. The molecular formula is C41H66O14. The molecule has 55 heavy (non-hydrogen) atoms. The van der Waals surface area contributed by atoms with E-state index in [2.05, 4.69) is 41.5 Å². The van der Waals surface area contributed by atoms with Crippen molar-refractivity contribution in [3.63, 3.8) is 0 Å². The molecule has 5 aliphatic carbocycles. The van der Waals surface area contributed by atoms with Crippen LogP contribution in [0.3, 0.4) is 0 Å². The normalized spacial score (nSPS) is 58.5. The van der Waals surface area contributed by atoms with Gasteiger partial charge in [-0.1, -0.05) is 41.5 Å². The standard InChI is InChI=1S/C41H66O14/c1-35(2)22-7-10-38(5)23(15-25(45)41-24-16-36(3,19-43)11-13-40(24,34(50)55-41)14-12-39(38,41)6)37(22,4)9-8-26(35)53-33-31(29(48)28(47)21(17-42)52-33)54-32-30(49)27(46)20(44)18-51-32/h20-33,42-49H,7-19H2,1-6H3/t20-,21-,22+,23-,24-,25-,26+,27+,28-,29+,30-,31-,32+,33+,36+,37+,38-,39+,40+,41-/m1/s1. The lowest BCUT2D eigenvalue weighted by molar-refractivity contribution is -0.372. The van der Waals surface area contributed by atoms with Gasteiger partial charge in [0.05, 0.1) is 30.8 Å². The van der Waals surface area contributed by atoms with E-state index >= 15 is 0 Å². The minimum absolute atomic E-state index is 0.0389. The summed E-state index contributed by atoms with van der Waals surface area (Å²) in [5.74, 6) is -0.0804. The van der Waals surface area contributed by atoms with Gasteiger partial charge < -0.3 is 64.5 Å². The first-order chi connectivity index (χ1) is 25.7. The van der Waals surface area contributed by atoms with Gasteiger partial charge in [-0.15, -0.1) is 0 Å². The second kappa shape index (κ2) is 13.2. The smallest absolute Gasteiger partial charge is 0.313 e. The number of aliphatic hydroxyl groups is 8. The quantitative estimate of drug-likeness (QED) is 0.140. The van der Waals surface area contributed by atoms with Crippen molar-refractivity contribution >= 4 is 5.97 Å². The molecule has 0 amide bonds. The number of hydrogen-bond donors (Lipinski definition) is 8. The molecule has 0 aromatic carbocycles. The molecule has 3 heterocycles. The molecule has 0 unspecified atom stereocenters. The molecule has 1 spiro atoms. The van der Waals surface area contributed by atoms with Crippen molar-refractivity contribution < 1.29 is 69.3 Å². The van der Waals surface area contributed by atoms with Gasteiger partial charge >= 0.3 is 5.97 Å². The summed E-state index contributed by atoms with van der Waals surface area (Å²) < 4.78 is 30.9. The van der Waals surface area contributed by atoms with Crippen LogP contribution in [0.2, 0.25) is 0 Å². The van der Waals surface area contributed by atoms with Crippen molar-refractivity contribution in [2.24, 2.45) is 50.2 Å². The Balaban J connectivity index is 1.07. The van der Waals surface area contributed by atoms with Crippen LogP contribution in [0.15, 0.2) is 0 Å². The lowest BCUT2D eigenvalue weighted by Gasteiger charge is -2.74. The molecule has 0 radical (unpaired) electrons. The van der Waals surface area contributed by atoms with E-state index in [0.29, 0.717) is 25.7 Å². The minimum Gasteiger partial charge on any atom is -0.455 e. The average molecular weight is 783 g/mol. The van der Waals surface area contributed by atoms with Crippen molar-refractivity contribution in [1.82, 2.24) is 0 Å². The predicted octanol–water partition coefficient (Wildman–Crippen LogP) is 1.14. The fraction of sp³-hybridized carbons (Fsp3) is 0.976. The zero-order valence-electron chi connectivity index (χ0n) is 33.3. The van der Waals surface area contributed by atoms with Crippen molar-refractivity contribution in [2.45, 2.75) is 179 Å². The van der Waals surface area contributed by atoms with Gasteiger partial charge in [-0.3, -0.25) is 4.79 Å². The number of aliphatic hydroxyl groups excluding tert-OH is 8. The third kappa shape index (κ3) is 5.32. The highest BCUT2D eigenvalue weighted by Crippen LogP contribution is 2.80. The molecule has 0 aromatic heterocycles. The van der Waals surface area contributed by atoms with Crippen LogP contribution in [0.1, 0.15) is 106 Å². The number of hydrogen-bond acceptors (Lipinski definition) is 14. The minimum atomic E-state index is -1.65. The summed E-state index contributed by atoms with van der Waals surface area (Å²) in [6.45, 7) is 12.6. The summed E-state index contributed by atoms with van der Waals surface area (Å²) in [5.41, 5.74) is -3.40. The van der Waals surface area contributed by atoms with E-state index in [4.69, 9.17) is 23.7 Å². The summed E-state index contributed by atoms with van der Waals surface area (Å²) in [4.78, 5) is 14.0. The Morgan fingerprint density at radius 2 is 1.45 bits per heavy atom. The molecule has 8 fully saturated rings. The van der Waals surface area contributed by atoms with E-state index in [1.807, 2.05) is 0 Å². The van der Waals surface area contributed by atoms with Crippen molar-refractivity contribution in [3.05, 3.63) is 0 Å². The van der Waals surface area contributed by atoms with Crippen molar-refractivity contribution in [1.29, 1.82) is 0 Å². The number of carbonyl (C=O) groups excluding carboxylic acids is 1. The van der Waals surface area contributed by atoms with Crippen LogP contribution in [0.5, 0.6) is 0 Å². The lowest BCUT2D eigenvalue weighted by atomic mass is 9.30. The second-order valence-corrected chi connectivity index (χ2v) is 20.8. The molecule has 3 saturated heterocycles. The number of carbonyl (C=O) groups is 1. The largest absolute Gasteiger partial charge is 0.455 e. The predicted molar refractivity (Wildman–Crippen MR) is 192 cm³/mol. The third-order valence-electron chi connectivity index (χ3n) is 18.1. The Morgan fingerprint density at radius 1 is 0.745 bits per heavy atom. The molecule has 5 saturated carbocycles. The van der Waals surface area contributed by atoms with Gasteiger partial charge in [-0.2, -0.15) is 0 Å². The molecule has 8 rings (SSSR count). The van der Waals surface area contributed by atoms with E-state index < -0.39 is 96.0 Å². The van der Waals surface area contributed by atoms with Gasteiger partial charge in [0.1, 0.15) is 48.3 Å². The molecule has 0 aromatic rings. The second-order valence-electron chi connectivity index (χ2n) is 20.8. The Labute approximate surface area is 323 Å². The highest BCUT2D eigenvalue weighted by atomic mass is 16.8. The van der Waals surface area contributed by atoms with Crippen LogP contribution >= 0.6 is 0 Å². The Kier molecular flexibility index (Phi) is 9.81. The van der Waals surface area contributed by atoms with Crippen molar-refractivity contribution in [2.75, 3.05) is 19.8 Å². The summed E-state index contributed by atoms with van der Waals surface area (Å²) in [6.07, 6.45) is -7.02. The van der Waals surface area contributed by atoms with Gasteiger partial charge in [0, 0.05) is 17.9 Å². The number of fused-ring (bicyclic) bond motifs is 4. The average Bonchev–Trinajstić information content (AvgIpc) is 3.33. The number of ether oxygens (including phenoxy) is 5. The first-order valence-corrected chi connectivity index (χ1v) is 20.8. The highest BCUT2D eigenvalue weighted by Gasteiger charge is 2.83. The van der Waals surface area contributed by atoms with Crippen molar-refractivity contribution in [3.8, 4) is 0 Å². The van der Waals surface area contributed by atoms with E-state index in [1.54, 1.807) is 0 Å². The maximum absolute atomic E-state index is 14.0. The summed E-state index contributed by atoms with van der Waals surface area (Å²) in [5, 5.41) is 86.0. The Hall–Kier alpha value is -1.01. The van der Waals surface area contributed by atoms with Gasteiger partial charge in [-0.05, 0) is 97.7 Å². The van der Waals surface area contributed by atoms with Crippen LogP contribution in [-0.2, 0) is 28.5 Å². The first kappa shape index (κ1) is 40.8. The maximum Gasteiger partial charge on any atom is 0.313 e. The summed E-state index contributed by atoms with van der Waals surface area (Å²) >= 11 is 0. The SMILES string of the molecule is CC1(C)[C@@H](O[C@@H]2O[C@H](CO)[C@@H](O)[C@H](O)[C@H]2O[C@@H]2OC[C@@H](O)[C@H](O)[C@H]2O)CC[C@]2(C)[C@H]3C[C@@H](O)[C@]45OC(=O)[C@@]6(CC[C@](C)(CO)C[C@H]64)CC[C@@]5(C)[C@]3(C)CC[C@@H]12. The monoisotopic (exact) mass is 782 g/mol. The lowest BCUT2D eigenvalue weighted by Crippen LogP contribution is -2.76. The van der Waals surface area contributed by atoms with Gasteiger partial charge in [-0.25, -0.2) is 0 Å². The van der Waals surface area contributed by atoms with E-state index in [-0.39, 0.29) is 53.2 Å². The summed E-state index contributed by atoms with van der Waals surface area (Å²) in [6, 6.07) is 0. The zero-order valence-corrected chi connectivity index (χ0v) is 33.3. The molecule has 8 aliphatic rings. The van der Waals surface area contributed by atoms with Gasteiger partial charge in [0.15, 0.2) is 12.6 Å². The maximum atomic E-state index is 14.0. The molecule has 14 heteroatoms. The van der Waals surface area contributed by atoms with Crippen LogP contribution in [0.25, 0.3) is 0 Å². The van der Waals surface area contributed by atoms with Crippen LogP contribution in [-0.4, -0.2) is 140 Å². The topological polar surface area (TPSA) is 225 Å². The summed E-state index contributed by atoms with van der Waals surface area (Å²) in [7, 11) is 0. The fourth-order valence-corrected chi connectivity index (χ4v) is 14.6. The molecular weight excluding hydrogens is 716 g/mol. The van der Waals surface area contributed by atoms with Crippen LogP contribution in [0, 0.1) is 50.2 Å². The molecule has 2 bridgehead atoms. The van der Waals surface area contributed by atoms with E-state index in [9.17, 15) is 45.6 Å². The molecule has 14 nitrogen and oxygen atoms in total. The molecule has 20 atom stereocenters. The molecule has 3 aliphatic heterocycles. The zero-order chi connectivity index (χ0) is 39.9. The van der Waals surface area contributed by atoms with Gasteiger partial charge in [0.25, 0.3) is 0 Å². The molecule has 314 valence electrons. The van der Waals surface area contributed by atoms with E-state index in [0.717, 1.165) is 38.5 Å². The Bertz CT molecular complexity index is 1500. The number of esters is 1. The van der Waals surface area contributed by atoms with Crippen LogP contribution in [0.4, 0.5) is 0 Å². The third-order valence-corrected chi connectivity index (χ3v) is 18.1. The fourth-order valence-electron chi connectivity index (χ4n) is 14.6. The van der Waals surface area contributed by atoms with E-state index in [1.165, 1.54) is 0 Å².